The molecule has 9 heteroatoms. The quantitative estimate of drug-likeness (QED) is 0.452. The molecule has 1 aromatic rings. The van der Waals surface area contributed by atoms with Gasteiger partial charge in [-0.25, -0.2) is 4.98 Å². The molecule has 2 rings (SSSR count). The van der Waals surface area contributed by atoms with Gasteiger partial charge in [0.1, 0.15) is 16.9 Å². The summed E-state index contributed by atoms with van der Waals surface area (Å²) in [5.74, 6) is -0.130. The van der Waals surface area contributed by atoms with Crippen molar-refractivity contribution >= 4 is 11.8 Å². The maximum Gasteiger partial charge on any atom is 0.186 e. The maximum absolute atomic E-state index is 10.2. The Morgan fingerprint density at radius 2 is 2.00 bits per heavy atom. The Kier molecular flexibility index (Phi) is 5.98. The summed E-state index contributed by atoms with van der Waals surface area (Å²) in [6.07, 6.45) is -4.41. The maximum atomic E-state index is 10.2. The van der Waals surface area contributed by atoms with Crippen molar-refractivity contribution in [3.8, 4) is 5.75 Å². The van der Waals surface area contributed by atoms with Crippen molar-refractivity contribution < 1.29 is 35.0 Å². The van der Waals surface area contributed by atoms with Gasteiger partial charge in [-0.15, -0.1) is 0 Å². The van der Waals surface area contributed by atoms with Crippen LogP contribution in [0.2, 0.25) is 0 Å². The Morgan fingerprint density at radius 3 is 2.59 bits per heavy atom. The second-order valence-corrected chi connectivity index (χ2v) is 5.98. The zero-order valence-electron chi connectivity index (χ0n) is 11.9. The molecule has 0 radical (unpaired) electrons. The van der Waals surface area contributed by atoms with Crippen LogP contribution in [0.3, 0.4) is 0 Å². The van der Waals surface area contributed by atoms with E-state index < -0.39 is 36.5 Å². The van der Waals surface area contributed by atoms with Gasteiger partial charge in [0.2, 0.25) is 0 Å². The number of hydrogen-bond acceptors (Lipinski definition) is 9. The molecule has 5 unspecified atom stereocenters. The van der Waals surface area contributed by atoms with Crippen LogP contribution in [0.25, 0.3) is 0 Å². The van der Waals surface area contributed by atoms with Gasteiger partial charge in [0.05, 0.1) is 36.4 Å². The molecule has 0 saturated carbocycles. The van der Waals surface area contributed by atoms with Crippen LogP contribution in [0.5, 0.6) is 5.75 Å². The van der Waals surface area contributed by atoms with Crippen LogP contribution >= 0.6 is 11.8 Å². The van der Waals surface area contributed by atoms with Gasteiger partial charge in [-0.3, -0.25) is 0 Å². The molecule has 2 heterocycles. The summed E-state index contributed by atoms with van der Waals surface area (Å²) in [7, 11) is 1.32. The van der Waals surface area contributed by atoms with Gasteiger partial charge in [0.15, 0.2) is 6.29 Å². The smallest absolute Gasteiger partial charge is 0.186 e. The van der Waals surface area contributed by atoms with E-state index in [2.05, 4.69) is 4.98 Å². The Labute approximate surface area is 131 Å². The first-order valence-corrected chi connectivity index (χ1v) is 7.51. The highest BCUT2D eigenvalue weighted by Gasteiger charge is 2.45. The molecular formula is C13H19NO7S. The summed E-state index contributed by atoms with van der Waals surface area (Å²) in [5.41, 5.74) is 0.349. The number of aliphatic hydroxyl groups is 4. The summed E-state index contributed by atoms with van der Waals surface area (Å²) in [5, 5.41) is 47.9. The molecule has 0 aromatic carbocycles. The van der Waals surface area contributed by atoms with E-state index in [0.29, 0.717) is 5.69 Å². The van der Waals surface area contributed by atoms with Crippen LogP contribution < -0.4 is 0 Å². The van der Waals surface area contributed by atoms with Gasteiger partial charge in [0.25, 0.3) is 0 Å². The lowest BCUT2D eigenvalue weighted by molar-refractivity contribution is -0.259. The molecule has 1 fully saturated rings. The fourth-order valence-electron chi connectivity index (χ4n) is 2.17. The lowest BCUT2D eigenvalue weighted by atomic mass is 10.0. The first-order chi connectivity index (χ1) is 10.5. The van der Waals surface area contributed by atoms with Crippen molar-refractivity contribution in [2.45, 2.75) is 41.5 Å². The number of thioether (sulfide) groups is 1. The van der Waals surface area contributed by atoms with E-state index in [0.717, 1.165) is 11.8 Å². The van der Waals surface area contributed by atoms with E-state index in [1.54, 1.807) is 0 Å². The van der Waals surface area contributed by atoms with Crippen molar-refractivity contribution in [2.24, 2.45) is 0 Å². The van der Waals surface area contributed by atoms with Gasteiger partial charge in [-0.2, -0.15) is 0 Å². The lowest BCUT2D eigenvalue weighted by Gasteiger charge is -2.41. The van der Waals surface area contributed by atoms with E-state index in [4.69, 9.17) is 14.6 Å². The van der Waals surface area contributed by atoms with E-state index in [9.17, 15) is 20.4 Å². The number of methoxy groups -OCH3 is 1. The minimum atomic E-state index is -1.30. The fraction of sp³-hybridized carbons (Fsp3) is 0.615. The first kappa shape index (κ1) is 17.4. The summed E-state index contributed by atoms with van der Waals surface area (Å²) in [4.78, 5) is 4.05. The van der Waals surface area contributed by atoms with Crippen LogP contribution in [-0.2, 0) is 16.1 Å². The molecule has 5 N–H and O–H groups in total. The number of ether oxygens (including phenoxy) is 2. The number of nitrogens with zero attached hydrogens (tertiary/aromatic N) is 1. The van der Waals surface area contributed by atoms with Gasteiger partial charge in [0, 0.05) is 7.11 Å². The molecule has 0 aliphatic carbocycles. The van der Waals surface area contributed by atoms with Gasteiger partial charge in [-0.1, -0.05) is 11.8 Å². The Morgan fingerprint density at radius 1 is 1.27 bits per heavy atom. The number of rotatable bonds is 5. The van der Waals surface area contributed by atoms with Crippen LogP contribution in [0.4, 0.5) is 0 Å². The van der Waals surface area contributed by atoms with Gasteiger partial charge >= 0.3 is 0 Å². The lowest BCUT2D eigenvalue weighted by Crippen LogP contribution is -2.57. The molecule has 1 aliphatic rings. The molecule has 1 saturated heterocycles. The van der Waals surface area contributed by atoms with Crippen LogP contribution in [-0.4, -0.2) is 74.1 Å². The molecule has 1 aromatic heterocycles. The van der Waals surface area contributed by atoms with Crippen molar-refractivity contribution in [3.63, 3.8) is 0 Å². The van der Waals surface area contributed by atoms with Crippen LogP contribution in [0.1, 0.15) is 5.69 Å². The molecular weight excluding hydrogens is 314 g/mol. The highest BCUT2D eigenvalue weighted by atomic mass is 32.2. The number of aromatic hydroxyl groups is 1. The molecule has 5 atom stereocenters. The minimum absolute atomic E-state index is 0.130. The molecule has 1 aliphatic heterocycles. The van der Waals surface area contributed by atoms with Crippen molar-refractivity contribution in [1.82, 2.24) is 4.98 Å². The van der Waals surface area contributed by atoms with Crippen LogP contribution in [0.15, 0.2) is 17.2 Å². The third-order valence-electron chi connectivity index (χ3n) is 3.36. The summed E-state index contributed by atoms with van der Waals surface area (Å²) in [6.45, 7) is -0.697. The standard InChI is InChI=1S/C13H19NO7S/c1-20-13-10(19)9(18)11(8(5-16)21-13)22-12-7(17)3-2-6(4-15)14-12/h2-3,8-11,13,15-19H,4-5H2,1H3. The summed E-state index contributed by atoms with van der Waals surface area (Å²) >= 11 is 0.955. The molecule has 8 nitrogen and oxygen atoms in total. The van der Waals surface area contributed by atoms with E-state index >= 15 is 0 Å². The number of pyridine rings is 1. The predicted octanol–water partition coefficient (Wildman–Crippen LogP) is -1.17. The molecule has 22 heavy (non-hydrogen) atoms. The topological polar surface area (TPSA) is 132 Å². The zero-order chi connectivity index (χ0) is 16.3. The third kappa shape index (κ3) is 3.51. The monoisotopic (exact) mass is 333 g/mol. The molecule has 0 amide bonds. The molecule has 0 spiro atoms. The average Bonchev–Trinajstić information content (AvgIpc) is 2.54. The van der Waals surface area contributed by atoms with Crippen molar-refractivity contribution in [1.29, 1.82) is 0 Å². The summed E-state index contributed by atoms with van der Waals surface area (Å²) < 4.78 is 10.3. The number of aromatic nitrogens is 1. The largest absolute Gasteiger partial charge is 0.505 e. The Balaban J connectivity index is 2.22. The minimum Gasteiger partial charge on any atom is -0.505 e. The third-order valence-corrected chi connectivity index (χ3v) is 4.74. The molecule has 0 bridgehead atoms. The predicted molar refractivity (Wildman–Crippen MR) is 76.2 cm³/mol. The average molecular weight is 333 g/mol. The summed E-state index contributed by atoms with van der Waals surface area (Å²) in [6, 6.07) is 2.84. The normalized spacial score (nSPS) is 32.1. The number of aliphatic hydroxyl groups excluding tert-OH is 4. The number of hydrogen-bond donors (Lipinski definition) is 5. The highest BCUT2D eigenvalue weighted by Crippen LogP contribution is 2.37. The highest BCUT2D eigenvalue weighted by molar-refractivity contribution is 8.00. The van der Waals surface area contributed by atoms with Crippen LogP contribution in [0, 0.1) is 0 Å². The fourth-order valence-corrected chi connectivity index (χ4v) is 3.39. The van der Waals surface area contributed by atoms with Crippen molar-refractivity contribution in [2.75, 3.05) is 13.7 Å². The molecule has 124 valence electrons. The Bertz CT molecular complexity index is 501. The van der Waals surface area contributed by atoms with E-state index in [1.165, 1.54) is 19.2 Å². The van der Waals surface area contributed by atoms with E-state index in [-0.39, 0.29) is 17.4 Å². The second kappa shape index (κ2) is 7.55. The second-order valence-electron chi connectivity index (χ2n) is 4.81. The Hall–Kier alpha value is -0.940. The zero-order valence-corrected chi connectivity index (χ0v) is 12.7. The SMILES string of the molecule is COC1OC(CO)C(Sc2nc(CO)ccc2O)C(O)C1O. The van der Waals surface area contributed by atoms with E-state index in [1.807, 2.05) is 0 Å². The van der Waals surface area contributed by atoms with Gasteiger partial charge in [-0.05, 0) is 12.1 Å². The van der Waals surface area contributed by atoms with Gasteiger partial charge < -0.3 is 35.0 Å². The first-order valence-electron chi connectivity index (χ1n) is 6.63. The van der Waals surface area contributed by atoms with Crippen molar-refractivity contribution in [3.05, 3.63) is 17.8 Å².